The second-order valence-electron chi connectivity index (χ2n) is 6.18. The van der Waals surface area contributed by atoms with Gasteiger partial charge in [0.2, 0.25) is 0 Å². The molecule has 0 aliphatic carbocycles. The zero-order chi connectivity index (χ0) is 20.5. The minimum absolute atomic E-state index is 0.313. The fourth-order valence-corrected chi connectivity index (χ4v) is 3.00. The van der Waals surface area contributed by atoms with E-state index in [0.29, 0.717) is 5.76 Å². The van der Waals surface area contributed by atoms with Crippen molar-refractivity contribution >= 4 is 16.3 Å². The normalized spacial score (nSPS) is 10.5. The van der Waals surface area contributed by atoms with Crippen LogP contribution < -0.4 is 0 Å². The maximum absolute atomic E-state index is 9.10. The number of rotatable bonds is 9. The van der Waals surface area contributed by atoms with Gasteiger partial charge in [-0.25, -0.2) is 0 Å². The molecule has 0 atom stereocenters. The smallest absolute Gasteiger partial charge is 0.0851 e. The monoisotopic (exact) mass is 368 g/mol. The molecule has 0 bridgehead atoms. The average Bonchev–Trinajstić information content (AvgIpc) is 2.72. The van der Waals surface area contributed by atoms with Crippen molar-refractivity contribution in [2.45, 2.75) is 79.6 Å². The molecule has 2 rings (SSSR count). The first-order valence-electron chi connectivity index (χ1n) is 10.8. The number of hydrogen-bond acceptors (Lipinski definition) is 1. The van der Waals surface area contributed by atoms with Gasteiger partial charge >= 0.3 is 0 Å². The molecule has 0 aliphatic heterocycles. The summed E-state index contributed by atoms with van der Waals surface area (Å²) in [5.41, 5.74) is 2.82. The van der Waals surface area contributed by atoms with Gasteiger partial charge in [-0.15, -0.1) is 0 Å². The highest BCUT2D eigenvalue weighted by molar-refractivity contribution is 5.86. The predicted molar refractivity (Wildman–Crippen MR) is 124 cm³/mol. The molecule has 2 aromatic carbocycles. The Bertz CT molecular complexity index is 667. The molecule has 1 heteroatoms. The van der Waals surface area contributed by atoms with Crippen molar-refractivity contribution in [3.63, 3.8) is 0 Å². The quantitative estimate of drug-likeness (QED) is 0.345. The van der Waals surface area contributed by atoms with Gasteiger partial charge in [0.15, 0.2) is 0 Å². The van der Waals surface area contributed by atoms with Crippen molar-refractivity contribution in [2.24, 2.45) is 0 Å². The Morgan fingerprint density at radius 1 is 0.852 bits per heavy atom. The number of benzene rings is 2. The summed E-state index contributed by atoms with van der Waals surface area (Å²) in [7, 11) is 0. The summed E-state index contributed by atoms with van der Waals surface area (Å²) in [4.78, 5) is 0. The molecular weight excluding hydrogens is 328 g/mol. The minimum Gasteiger partial charge on any atom is -0.513 e. The Balaban J connectivity index is 0.00000158. The van der Waals surface area contributed by atoms with Gasteiger partial charge in [0.1, 0.15) is 0 Å². The molecule has 0 fully saturated rings. The molecule has 2 aromatic rings. The van der Waals surface area contributed by atoms with Crippen LogP contribution in [0.25, 0.3) is 16.3 Å². The van der Waals surface area contributed by atoms with Crippen LogP contribution in [0.1, 0.15) is 85.1 Å². The Kier molecular flexibility index (Phi) is 15.0. The topological polar surface area (TPSA) is 20.2 Å². The minimum atomic E-state index is 0.313. The van der Waals surface area contributed by atoms with Gasteiger partial charge in [-0.1, -0.05) is 96.5 Å². The van der Waals surface area contributed by atoms with Crippen LogP contribution in [0.2, 0.25) is 0 Å². The summed E-state index contributed by atoms with van der Waals surface area (Å²) >= 11 is 0. The molecule has 0 spiro atoms. The molecule has 150 valence electrons. The van der Waals surface area contributed by atoms with Crippen molar-refractivity contribution < 1.29 is 5.11 Å². The van der Waals surface area contributed by atoms with Crippen molar-refractivity contribution in [3.8, 4) is 0 Å². The molecule has 0 saturated heterocycles. The maximum atomic E-state index is 9.10. The van der Waals surface area contributed by atoms with E-state index in [1.165, 1.54) is 34.8 Å². The molecule has 0 heterocycles. The van der Waals surface area contributed by atoms with Crippen LogP contribution in [0.5, 0.6) is 0 Å². The van der Waals surface area contributed by atoms with Crippen LogP contribution in [0, 0.1) is 0 Å². The van der Waals surface area contributed by atoms with Crippen molar-refractivity contribution in [1.82, 2.24) is 0 Å². The van der Waals surface area contributed by atoms with Gasteiger partial charge in [0, 0.05) is 6.42 Å². The first kappa shape index (κ1) is 25.0. The molecule has 0 saturated carbocycles. The van der Waals surface area contributed by atoms with Crippen LogP contribution >= 0.6 is 0 Å². The maximum Gasteiger partial charge on any atom is 0.0851 e. The van der Waals surface area contributed by atoms with Crippen LogP contribution in [0.4, 0.5) is 0 Å². The Hall–Kier alpha value is -2.02. The van der Waals surface area contributed by atoms with Crippen LogP contribution in [0.15, 0.2) is 60.9 Å². The number of hydrogen-bond donors (Lipinski definition) is 1. The lowest BCUT2D eigenvalue weighted by molar-refractivity contribution is 0.383. The average molecular weight is 369 g/mol. The number of allylic oxidation sites excluding steroid dienone is 3. The Labute approximate surface area is 167 Å². The van der Waals surface area contributed by atoms with E-state index in [4.69, 9.17) is 5.11 Å². The molecule has 0 amide bonds. The van der Waals surface area contributed by atoms with E-state index >= 15 is 0 Å². The Morgan fingerprint density at radius 3 is 2.04 bits per heavy atom. The molecule has 0 unspecified atom stereocenters. The molecule has 27 heavy (non-hydrogen) atoms. The van der Waals surface area contributed by atoms with E-state index in [0.717, 1.165) is 32.1 Å². The van der Waals surface area contributed by atoms with Crippen LogP contribution in [-0.2, 0) is 0 Å². The summed E-state index contributed by atoms with van der Waals surface area (Å²) in [6.45, 7) is 13.7. The summed E-state index contributed by atoms with van der Waals surface area (Å²) in [5.74, 6) is 0.313. The second kappa shape index (κ2) is 16.2. The highest BCUT2D eigenvalue weighted by Gasteiger charge is 2.03. The molecule has 0 radical (unpaired) electrons. The lowest BCUT2D eigenvalue weighted by atomic mass is 9.96. The third-order valence-electron chi connectivity index (χ3n) is 4.23. The fourth-order valence-electron chi connectivity index (χ4n) is 3.00. The fraction of sp³-hybridized carbons (Fsp3) is 0.462. The molecular formula is C26H40O. The summed E-state index contributed by atoms with van der Waals surface area (Å²) in [5, 5.41) is 11.7. The van der Waals surface area contributed by atoms with Gasteiger partial charge in [-0.2, -0.15) is 0 Å². The first-order valence-corrected chi connectivity index (χ1v) is 10.8. The number of unbranched alkanes of at least 4 members (excludes halogenated alkanes) is 3. The largest absolute Gasteiger partial charge is 0.513 e. The first-order chi connectivity index (χ1) is 13.2. The Morgan fingerprint density at radius 2 is 1.44 bits per heavy atom. The van der Waals surface area contributed by atoms with E-state index in [1.54, 1.807) is 0 Å². The number of aliphatic hydroxyl groups is 1. The lowest BCUT2D eigenvalue weighted by Gasteiger charge is -2.10. The molecule has 1 N–H and O–H groups in total. The summed E-state index contributed by atoms with van der Waals surface area (Å²) < 4.78 is 0. The van der Waals surface area contributed by atoms with Crippen molar-refractivity contribution in [2.75, 3.05) is 0 Å². The standard InChI is InChI=1S/C22H28O.2C2H6/c1-3-10-19(12-7-5-4-6-11-18(2)23)22-16-15-20-13-8-9-14-21(20)17-22;2*1-2/h8-10,13-17,23H,2-7,11-12H2,1H3;2*1-2H3/b19-10-;;. The van der Waals surface area contributed by atoms with E-state index < -0.39 is 0 Å². The van der Waals surface area contributed by atoms with Gasteiger partial charge in [0.05, 0.1) is 5.76 Å². The van der Waals surface area contributed by atoms with Gasteiger partial charge in [-0.05, 0) is 53.7 Å². The van der Waals surface area contributed by atoms with E-state index in [-0.39, 0.29) is 0 Å². The molecule has 0 aromatic heterocycles. The second-order valence-corrected chi connectivity index (χ2v) is 6.18. The van der Waals surface area contributed by atoms with E-state index in [1.807, 2.05) is 27.7 Å². The van der Waals surface area contributed by atoms with Crippen molar-refractivity contribution in [3.05, 3.63) is 66.4 Å². The van der Waals surface area contributed by atoms with Gasteiger partial charge < -0.3 is 5.11 Å². The van der Waals surface area contributed by atoms with Crippen LogP contribution in [0.3, 0.4) is 0 Å². The highest BCUT2D eigenvalue weighted by Crippen LogP contribution is 2.26. The van der Waals surface area contributed by atoms with E-state index in [2.05, 4.69) is 62.0 Å². The summed E-state index contributed by atoms with van der Waals surface area (Å²) in [6.07, 6.45) is 9.92. The lowest BCUT2D eigenvalue weighted by Crippen LogP contribution is -1.88. The zero-order valence-electron chi connectivity index (χ0n) is 18.2. The predicted octanol–water partition coefficient (Wildman–Crippen LogP) is 9.10. The third kappa shape index (κ3) is 10.0. The third-order valence-corrected chi connectivity index (χ3v) is 4.23. The van der Waals surface area contributed by atoms with Crippen molar-refractivity contribution in [1.29, 1.82) is 0 Å². The van der Waals surface area contributed by atoms with Crippen LogP contribution in [-0.4, -0.2) is 5.11 Å². The van der Waals surface area contributed by atoms with E-state index in [9.17, 15) is 0 Å². The zero-order valence-corrected chi connectivity index (χ0v) is 18.2. The van der Waals surface area contributed by atoms with Gasteiger partial charge in [0.25, 0.3) is 0 Å². The molecule has 1 nitrogen and oxygen atoms in total. The number of aliphatic hydroxyl groups excluding tert-OH is 1. The number of fused-ring (bicyclic) bond motifs is 1. The SMILES string of the molecule is C=C(O)CCCCCC/C(=C/CC)c1ccc2ccccc2c1.CC.CC. The summed E-state index contributed by atoms with van der Waals surface area (Å²) in [6, 6.07) is 15.3. The van der Waals surface area contributed by atoms with Gasteiger partial charge in [-0.3, -0.25) is 0 Å². The molecule has 0 aliphatic rings. The highest BCUT2D eigenvalue weighted by atomic mass is 16.3.